The quantitative estimate of drug-likeness (QED) is 0.606. The van der Waals surface area contributed by atoms with Crippen LogP contribution in [0.2, 0.25) is 5.02 Å². The number of amides is 1. The van der Waals surface area contributed by atoms with Crippen LogP contribution in [0.25, 0.3) is 0 Å². The van der Waals surface area contributed by atoms with Gasteiger partial charge in [-0.3, -0.25) is 9.69 Å². The van der Waals surface area contributed by atoms with Gasteiger partial charge in [-0.25, -0.2) is 0 Å². The second-order valence-corrected chi connectivity index (χ2v) is 8.02. The molecule has 3 aromatic rings. The Hall–Kier alpha value is -2.56. The summed E-state index contributed by atoms with van der Waals surface area (Å²) in [4.78, 5) is 14.6. The van der Waals surface area contributed by atoms with Gasteiger partial charge in [0.1, 0.15) is 0 Å². The predicted octanol–water partition coefficient (Wildman–Crippen LogP) is 5.24. The van der Waals surface area contributed by atoms with Gasteiger partial charge in [0.2, 0.25) is 0 Å². The van der Waals surface area contributed by atoms with Crippen molar-refractivity contribution in [3.8, 4) is 0 Å². The summed E-state index contributed by atoms with van der Waals surface area (Å²) in [6, 6.07) is 20.1. The number of rotatable bonds is 6. The fourth-order valence-corrected chi connectivity index (χ4v) is 4.03. The topological polar surface area (TPSA) is 45.5 Å². The predicted molar refractivity (Wildman–Crippen MR) is 115 cm³/mol. The van der Waals surface area contributed by atoms with E-state index in [0.29, 0.717) is 18.2 Å². The van der Waals surface area contributed by atoms with Crippen molar-refractivity contribution < 1.29 is 9.21 Å². The van der Waals surface area contributed by atoms with E-state index in [9.17, 15) is 4.79 Å². The number of hydrogen-bond acceptors (Lipinski definition) is 3. The highest BCUT2D eigenvalue weighted by atomic mass is 35.5. The lowest BCUT2D eigenvalue weighted by atomic mass is 9.88. The zero-order valence-electron chi connectivity index (χ0n) is 16.3. The lowest BCUT2D eigenvalue weighted by molar-refractivity contribution is 0.0923. The lowest BCUT2D eigenvalue weighted by Crippen LogP contribution is -2.32. The molecular weight excluding hydrogens is 384 g/mol. The van der Waals surface area contributed by atoms with Crippen LogP contribution < -0.4 is 5.32 Å². The minimum absolute atomic E-state index is 0.184. The highest BCUT2D eigenvalue weighted by molar-refractivity contribution is 6.30. The van der Waals surface area contributed by atoms with Gasteiger partial charge in [0, 0.05) is 18.1 Å². The van der Waals surface area contributed by atoms with Crippen LogP contribution >= 0.6 is 11.6 Å². The lowest BCUT2D eigenvalue weighted by Gasteiger charge is -2.32. The number of piperidine rings is 1. The number of carbonyl (C=O) groups is 1. The molecule has 150 valence electrons. The standard InChI is InChI=1S/C24H25ClN2O2/c25-22-8-6-18(7-9-22)17-27-12-10-20(11-13-27)21-4-1-3-19(15-21)16-26-24(28)23-5-2-14-29-23/h1-9,14-15,20H,10-13,16-17H2,(H,26,28). The Morgan fingerprint density at radius 3 is 2.55 bits per heavy atom. The summed E-state index contributed by atoms with van der Waals surface area (Å²) in [6.45, 7) is 3.66. The second kappa shape index (κ2) is 9.29. The molecule has 1 aromatic heterocycles. The van der Waals surface area contributed by atoms with Gasteiger partial charge in [-0.05, 0) is 72.8 Å². The van der Waals surface area contributed by atoms with Crippen molar-refractivity contribution in [3.63, 3.8) is 0 Å². The molecule has 0 unspecified atom stereocenters. The van der Waals surface area contributed by atoms with E-state index >= 15 is 0 Å². The van der Waals surface area contributed by atoms with E-state index in [2.05, 4.69) is 46.6 Å². The van der Waals surface area contributed by atoms with Crippen molar-refractivity contribution in [2.45, 2.75) is 31.8 Å². The van der Waals surface area contributed by atoms with Gasteiger partial charge in [-0.15, -0.1) is 0 Å². The number of halogens is 1. The number of benzene rings is 2. The molecule has 0 bridgehead atoms. The van der Waals surface area contributed by atoms with Crippen molar-refractivity contribution in [2.75, 3.05) is 13.1 Å². The molecule has 1 N–H and O–H groups in total. The van der Waals surface area contributed by atoms with E-state index < -0.39 is 0 Å². The maximum Gasteiger partial charge on any atom is 0.287 e. The molecule has 2 aromatic carbocycles. The van der Waals surface area contributed by atoms with E-state index in [0.717, 1.165) is 43.1 Å². The number of nitrogens with zero attached hydrogens (tertiary/aromatic N) is 1. The first kappa shape index (κ1) is 19.7. The molecule has 0 radical (unpaired) electrons. The van der Waals surface area contributed by atoms with Crippen LogP contribution in [0.4, 0.5) is 0 Å². The van der Waals surface area contributed by atoms with Crippen LogP contribution in [0.15, 0.2) is 71.3 Å². The van der Waals surface area contributed by atoms with E-state index in [1.165, 1.54) is 17.4 Å². The molecule has 1 amide bonds. The molecule has 5 heteroatoms. The maximum atomic E-state index is 12.1. The summed E-state index contributed by atoms with van der Waals surface area (Å²) in [5.41, 5.74) is 3.79. The molecule has 2 heterocycles. The SMILES string of the molecule is O=C(NCc1cccc(C2CCN(Cc3ccc(Cl)cc3)CC2)c1)c1ccco1. The number of furan rings is 1. The van der Waals surface area contributed by atoms with Crippen LogP contribution in [0, 0.1) is 0 Å². The first-order valence-corrected chi connectivity index (χ1v) is 10.4. The summed E-state index contributed by atoms with van der Waals surface area (Å²) in [6.07, 6.45) is 3.81. The Labute approximate surface area is 176 Å². The Kier molecular flexibility index (Phi) is 6.33. The van der Waals surface area contributed by atoms with Gasteiger partial charge in [0.25, 0.3) is 5.91 Å². The summed E-state index contributed by atoms with van der Waals surface area (Å²) < 4.78 is 5.14. The summed E-state index contributed by atoms with van der Waals surface area (Å²) in [5, 5.41) is 3.70. The van der Waals surface area contributed by atoms with Crippen molar-refractivity contribution in [1.29, 1.82) is 0 Å². The molecule has 29 heavy (non-hydrogen) atoms. The molecule has 1 fully saturated rings. The van der Waals surface area contributed by atoms with Gasteiger partial charge in [-0.1, -0.05) is 48.0 Å². The van der Waals surface area contributed by atoms with Gasteiger partial charge in [0.15, 0.2) is 5.76 Å². The van der Waals surface area contributed by atoms with Crippen molar-refractivity contribution >= 4 is 17.5 Å². The Morgan fingerprint density at radius 2 is 1.83 bits per heavy atom. The molecule has 1 aliphatic rings. The molecule has 0 aliphatic carbocycles. The van der Waals surface area contributed by atoms with Crippen LogP contribution in [0.1, 0.15) is 46.0 Å². The number of hydrogen-bond donors (Lipinski definition) is 1. The third-order valence-electron chi connectivity index (χ3n) is 5.53. The average Bonchev–Trinajstić information content (AvgIpc) is 3.30. The minimum atomic E-state index is -0.184. The fraction of sp³-hybridized carbons (Fsp3) is 0.292. The molecule has 1 saturated heterocycles. The van der Waals surface area contributed by atoms with Crippen molar-refractivity contribution in [1.82, 2.24) is 10.2 Å². The van der Waals surface area contributed by atoms with Crippen molar-refractivity contribution in [2.24, 2.45) is 0 Å². The molecule has 0 atom stereocenters. The van der Waals surface area contributed by atoms with Gasteiger partial charge < -0.3 is 9.73 Å². The zero-order chi connectivity index (χ0) is 20.1. The first-order chi connectivity index (χ1) is 14.2. The van der Waals surface area contributed by atoms with E-state index in [1.807, 2.05) is 12.1 Å². The van der Waals surface area contributed by atoms with Crippen molar-refractivity contribution in [3.05, 3.63) is 94.4 Å². The van der Waals surface area contributed by atoms with E-state index in [4.69, 9.17) is 16.0 Å². The normalized spacial score (nSPS) is 15.3. The van der Waals surface area contributed by atoms with E-state index in [1.54, 1.807) is 12.1 Å². The largest absolute Gasteiger partial charge is 0.459 e. The van der Waals surface area contributed by atoms with Gasteiger partial charge >= 0.3 is 0 Å². The van der Waals surface area contributed by atoms with E-state index in [-0.39, 0.29) is 5.91 Å². The third kappa shape index (κ3) is 5.28. The van der Waals surface area contributed by atoms with Crippen LogP contribution in [0.5, 0.6) is 0 Å². The summed E-state index contributed by atoms with van der Waals surface area (Å²) >= 11 is 5.98. The molecule has 1 aliphatic heterocycles. The molecule has 4 nitrogen and oxygen atoms in total. The maximum absolute atomic E-state index is 12.1. The molecular formula is C24H25ClN2O2. The third-order valence-corrected chi connectivity index (χ3v) is 5.78. The monoisotopic (exact) mass is 408 g/mol. The van der Waals surface area contributed by atoms with Crippen LogP contribution in [0.3, 0.4) is 0 Å². The summed E-state index contributed by atoms with van der Waals surface area (Å²) in [7, 11) is 0. The molecule has 4 rings (SSSR count). The Bertz CT molecular complexity index is 930. The van der Waals surface area contributed by atoms with Gasteiger partial charge in [-0.2, -0.15) is 0 Å². The van der Waals surface area contributed by atoms with Gasteiger partial charge in [0.05, 0.1) is 6.26 Å². The highest BCUT2D eigenvalue weighted by Crippen LogP contribution is 2.29. The number of nitrogens with one attached hydrogen (secondary N) is 1. The number of likely N-dealkylation sites (tertiary alicyclic amines) is 1. The highest BCUT2D eigenvalue weighted by Gasteiger charge is 2.21. The zero-order valence-corrected chi connectivity index (χ0v) is 17.1. The number of carbonyl (C=O) groups excluding carboxylic acids is 1. The molecule has 0 saturated carbocycles. The summed E-state index contributed by atoms with van der Waals surface area (Å²) in [5.74, 6) is 0.724. The fourth-order valence-electron chi connectivity index (χ4n) is 3.91. The average molecular weight is 409 g/mol. The van der Waals surface area contributed by atoms with Crippen LogP contribution in [-0.2, 0) is 13.1 Å². The molecule has 0 spiro atoms. The second-order valence-electron chi connectivity index (χ2n) is 7.58. The first-order valence-electron chi connectivity index (χ1n) is 10.0. The minimum Gasteiger partial charge on any atom is -0.459 e. The smallest absolute Gasteiger partial charge is 0.287 e. The Balaban J connectivity index is 1.30. The van der Waals surface area contributed by atoms with Crippen LogP contribution in [-0.4, -0.2) is 23.9 Å². The Morgan fingerprint density at radius 1 is 1.03 bits per heavy atom.